The van der Waals surface area contributed by atoms with Gasteiger partial charge in [-0.15, -0.1) is 0 Å². The van der Waals surface area contributed by atoms with Crippen molar-refractivity contribution in [3.63, 3.8) is 0 Å². The third-order valence-corrected chi connectivity index (χ3v) is 3.60. The number of anilines is 1. The zero-order chi connectivity index (χ0) is 11.3. The summed E-state index contributed by atoms with van der Waals surface area (Å²) in [7, 11) is 0. The van der Waals surface area contributed by atoms with Gasteiger partial charge in [0.05, 0.1) is 0 Å². The van der Waals surface area contributed by atoms with Gasteiger partial charge in [0.15, 0.2) is 0 Å². The molecular formula is C12H19BrN2. The Morgan fingerprint density at radius 2 is 2.07 bits per heavy atom. The molecule has 0 aliphatic carbocycles. The Bertz CT molecular complexity index is 308. The fourth-order valence-corrected chi connectivity index (χ4v) is 1.68. The number of nitrogens with zero attached hydrogens (tertiary/aromatic N) is 1. The number of hydrogen-bond acceptors (Lipinski definition) is 2. The average molecular weight is 271 g/mol. The standard InChI is InChI=1S/C12H19BrN2/c1-4-10(5-2)7-14-12-6-9(3)11(13)8-15-12/h6,8,10H,4-5,7H2,1-3H3,(H,14,15). The molecule has 1 N–H and O–H groups in total. The van der Waals surface area contributed by atoms with Crippen molar-refractivity contribution in [1.29, 1.82) is 0 Å². The lowest BCUT2D eigenvalue weighted by atomic mass is 10.0. The van der Waals surface area contributed by atoms with Crippen LogP contribution in [-0.2, 0) is 0 Å². The van der Waals surface area contributed by atoms with Crippen molar-refractivity contribution in [3.8, 4) is 0 Å². The summed E-state index contributed by atoms with van der Waals surface area (Å²) < 4.78 is 1.07. The molecular weight excluding hydrogens is 252 g/mol. The second-order valence-corrected chi connectivity index (χ2v) is 4.74. The summed E-state index contributed by atoms with van der Waals surface area (Å²) in [5, 5.41) is 3.38. The van der Waals surface area contributed by atoms with Crippen molar-refractivity contribution in [3.05, 3.63) is 22.3 Å². The molecule has 0 fully saturated rings. The van der Waals surface area contributed by atoms with Gasteiger partial charge < -0.3 is 5.32 Å². The maximum atomic E-state index is 4.32. The van der Waals surface area contributed by atoms with Gasteiger partial charge in [-0.1, -0.05) is 26.7 Å². The summed E-state index contributed by atoms with van der Waals surface area (Å²) in [6.45, 7) is 7.56. The van der Waals surface area contributed by atoms with Gasteiger partial charge in [-0.25, -0.2) is 4.98 Å². The molecule has 84 valence electrons. The number of pyridine rings is 1. The molecule has 1 heterocycles. The van der Waals surface area contributed by atoms with E-state index in [1.807, 2.05) is 6.20 Å². The predicted octanol–water partition coefficient (Wildman–Crippen LogP) is 4.00. The minimum absolute atomic E-state index is 0.746. The molecule has 0 aliphatic heterocycles. The molecule has 0 spiro atoms. The van der Waals surface area contributed by atoms with E-state index in [9.17, 15) is 0 Å². The molecule has 0 bridgehead atoms. The Balaban J connectivity index is 2.54. The van der Waals surface area contributed by atoms with E-state index in [-0.39, 0.29) is 0 Å². The minimum atomic E-state index is 0.746. The van der Waals surface area contributed by atoms with Crippen molar-refractivity contribution in [1.82, 2.24) is 4.98 Å². The number of halogens is 1. The molecule has 1 aromatic rings. The molecule has 15 heavy (non-hydrogen) atoms. The van der Waals surface area contributed by atoms with Crippen LogP contribution in [0.25, 0.3) is 0 Å². The maximum Gasteiger partial charge on any atom is 0.126 e. The third-order valence-electron chi connectivity index (χ3n) is 2.77. The van der Waals surface area contributed by atoms with Crippen LogP contribution in [0.4, 0.5) is 5.82 Å². The van der Waals surface area contributed by atoms with Crippen molar-refractivity contribution >= 4 is 21.7 Å². The number of aryl methyl sites for hydroxylation is 1. The molecule has 0 aliphatic rings. The Morgan fingerprint density at radius 1 is 1.40 bits per heavy atom. The number of aromatic nitrogens is 1. The number of rotatable bonds is 5. The normalized spacial score (nSPS) is 10.7. The van der Waals surface area contributed by atoms with Gasteiger partial charge in [-0.05, 0) is 40.4 Å². The molecule has 0 atom stereocenters. The molecule has 1 rings (SSSR count). The number of nitrogens with one attached hydrogen (secondary N) is 1. The Morgan fingerprint density at radius 3 is 2.60 bits per heavy atom. The Kier molecular flexibility index (Phi) is 5.09. The van der Waals surface area contributed by atoms with Crippen molar-refractivity contribution < 1.29 is 0 Å². The zero-order valence-electron chi connectivity index (χ0n) is 9.68. The zero-order valence-corrected chi connectivity index (χ0v) is 11.3. The Labute approximate surface area is 101 Å². The van der Waals surface area contributed by atoms with E-state index in [2.05, 4.69) is 53.1 Å². The summed E-state index contributed by atoms with van der Waals surface area (Å²) >= 11 is 3.45. The van der Waals surface area contributed by atoms with Crippen LogP contribution in [0.15, 0.2) is 16.7 Å². The summed E-state index contributed by atoms with van der Waals surface area (Å²) in [4.78, 5) is 4.32. The summed E-state index contributed by atoms with van der Waals surface area (Å²) in [6.07, 6.45) is 4.29. The molecule has 0 aromatic carbocycles. The van der Waals surface area contributed by atoms with Crippen molar-refractivity contribution in [2.24, 2.45) is 5.92 Å². The van der Waals surface area contributed by atoms with Crippen LogP contribution in [0.1, 0.15) is 32.3 Å². The lowest BCUT2D eigenvalue weighted by Gasteiger charge is -2.14. The first-order chi connectivity index (χ1) is 7.17. The van der Waals surface area contributed by atoms with Crippen molar-refractivity contribution in [2.45, 2.75) is 33.6 Å². The van der Waals surface area contributed by atoms with Crippen LogP contribution in [0.2, 0.25) is 0 Å². The van der Waals surface area contributed by atoms with Gasteiger partial charge in [-0.3, -0.25) is 0 Å². The highest BCUT2D eigenvalue weighted by atomic mass is 79.9. The lowest BCUT2D eigenvalue weighted by molar-refractivity contribution is 0.518. The molecule has 0 amide bonds. The topological polar surface area (TPSA) is 24.9 Å². The first kappa shape index (κ1) is 12.5. The largest absolute Gasteiger partial charge is 0.370 e. The van der Waals surface area contributed by atoms with Crippen molar-refractivity contribution in [2.75, 3.05) is 11.9 Å². The molecule has 0 saturated heterocycles. The van der Waals surface area contributed by atoms with Crippen LogP contribution >= 0.6 is 15.9 Å². The van der Waals surface area contributed by atoms with Crippen LogP contribution in [0.5, 0.6) is 0 Å². The van der Waals surface area contributed by atoms with Gasteiger partial charge >= 0.3 is 0 Å². The summed E-state index contributed by atoms with van der Waals surface area (Å²) in [6, 6.07) is 2.08. The summed E-state index contributed by atoms with van der Waals surface area (Å²) in [5.41, 5.74) is 1.22. The molecule has 0 unspecified atom stereocenters. The quantitative estimate of drug-likeness (QED) is 0.875. The molecule has 1 aromatic heterocycles. The van der Waals surface area contributed by atoms with Crippen LogP contribution in [0.3, 0.4) is 0 Å². The number of hydrogen-bond donors (Lipinski definition) is 1. The SMILES string of the molecule is CCC(CC)CNc1cc(C)c(Br)cn1. The van der Waals surface area contributed by atoms with Gasteiger partial charge in [0.25, 0.3) is 0 Å². The minimum Gasteiger partial charge on any atom is -0.370 e. The van der Waals surface area contributed by atoms with Crippen LogP contribution < -0.4 is 5.32 Å². The molecule has 2 nitrogen and oxygen atoms in total. The molecule has 0 radical (unpaired) electrons. The summed E-state index contributed by atoms with van der Waals surface area (Å²) in [5.74, 6) is 1.72. The Hall–Kier alpha value is -0.570. The van der Waals surface area contributed by atoms with E-state index in [1.54, 1.807) is 0 Å². The predicted molar refractivity (Wildman–Crippen MR) is 69.2 cm³/mol. The molecule has 0 saturated carbocycles. The highest BCUT2D eigenvalue weighted by Crippen LogP contribution is 2.17. The average Bonchev–Trinajstić information content (AvgIpc) is 2.24. The lowest BCUT2D eigenvalue weighted by Crippen LogP contribution is -2.13. The van der Waals surface area contributed by atoms with Gasteiger partial charge in [0.2, 0.25) is 0 Å². The van der Waals surface area contributed by atoms with E-state index in [0.29, 0.717) is 0 Å². The van der Waals surface area contributed by atoms with E-state index < -0.39 is 0 Å². The van der Waals surface area contributed by atoms with E-state index in [4.69, 9.17) is 0 Å². The van der Waals surface area contributed by atoms with Gasteiger partial charge in [-0.2, -0.15) is 0 Å². The maximum absolute atomic E-state index is 4.32. The second-order valence-electron chi connectivity index (χ2n) is 3.88. The van der Waals surface area contributed by atoms with Gasteiger partial charge in [0, 0.05) is 17.2 Å². The smallest absolute Gasteiger partial charge is 0.126 e. The monoisotopic (exact) mass is 270 g/mol. The van der Waals surface area contributed by atoms with E-state index >= 15 is 0 Å². The van der Waals surface area contributed by atoms with Crippen LogP contribution in [-0.4, -0.2) is 11.5 Å². The van der Waals surface area contributed by atoms with E-state index in [1.165, 1.54) is 18.4 Å². The first-order valence-corrected chi connectivity index (χ1v) is 6.32. The first-order valence-electron chi connectivity index (χ1n) is 5.53. The second kappa shape index (κ2) is 6.11. The third kappa shape index (κ3) is 3.82. The highest BCUT2D eigenvalue weighted by molar-refractivity contribution is 9.10. The molecule has 3 heteroatoms. The van der Waals surface area contributed by atoms with E-state index in [0.717, 1.165) is 22.8 Å². The van der Waals surface area contributed by atoms with Gasteiger partial charge in [0.1, 0.15) is 5.82 Å². The fourth-order valence-electron chi connectivity index (χ4n) is 1.46. The highest BCUT2D eigenvalue weighted by Gasteiger charge is 2.04. The van der Waals surface area contributed by atoms with Crippen LogP contribution in [0, 0.1) is 12.8 Å². The fraction of sp³-hybridized carbons (Fsp3) is 0.583.